The van der Waals surface area contributed by atoms with Crippen LogP contribution in [-0.4, -0.2) is 11.1 Å². The summed E-state index contributed by atoms with van der Waals surface area (Å²) in [5.74, 6) is -0.969. The van der Waals surface area contributed by atoms with Crippen molar-refractivity contribution in [3.63, 3.8) is 0 Å². The van der Waals surface area contributed by atoms with Crippen LogP contribution in [0.4, 0.5) is 4.39 Å². The molecular weight excluding hydrogens is 219 g/mol. The van der Waals surface area contributed by atoms with Crippen LogP contribution in [-0.2, 0) is 11.2 Å². The van der Waals surface area contributed by atoms with Gasteiger partial charge in [-0.1, -0.05) is 26.0 Å². The molecule has 17 heavy (non-hydrogen) atoms. The number of benzene rings is 1. The summed E-state index contributed by atoms with van der Waals surface area (Å²) in [6.07, 6.45) is 1.72. The second-order valence-corrected chi connectivity index (χ2v) is 5.32. The highest BCUT2D eigenvalue weighted by atomic mass is 19.1. The Morgan fingerprint density at radius 2 is 2.06 bits per heavy atom. The Morgan fingerprint density at radius 3 is 2.59 bits per heavy atom. The van der Waals surface area contributed by atoms with Gasteiger partial charge in [-0.25, -0.2) is 4.39 Å². The number of halogens is 1. The molecule has 0 aliphatic rings. The highest BCUT2D eigenvalue weighted by molar-refractivity contribution is 5.67. The molecule has 0 aliphatic heterocycles. The van der Waals surface area contributed by atoms with E-state index in [0.29, 0.717) is 5.56 Å². The first kappa shape index (κ1) is 13.7. The minimum absolute atomic E-state index is 0.160. The van der Waals surface area contributed by atoms with Crippen molar-refractivity contribution >= 4 is 5.97 Å². The van der Waals surface area contributed by atoms with Crippen LogP contribution >= 0.6 is 0 Å². The molecule has 1 aromatic rings. The van der Waals surface area contributed by atoms with E-state index in [2.05, 4.69) is 0 Å². The zero-order valence-electron chi connectivity index (χ0n) is 10.6. The van der Waals surface area contributed by atoms with Gasteiger partial charge in [-0.15, -0.1) is 0 Å². The Kier molecular flexibility index (Phi) is 4.27. The van der Waals surface area contributed by atoms with Crippen LogP contribution in [0, 0.1) is 18.2 Å². The normalized spacial score (nSPS) is 11.5. The van der Waals surface area contributed by atoms with Crippen molar-refractivity contribution in [1.29, 1.82) is 0 Å². The van der Waals surface area contributed by atoms with E-state index >= 15 is 0 Å². The Morgan fingerprint density at radius 1 is 1.41 bits per heavy atom. The minimum atomic E-state index is -0.773. The van der Waals surface area contributed by atoms with E-state index in [1.54, 1.807) is 13.0 Å². The standard InChI is InChI=1S/C14H19FO2/c1-10-8-11(4-5-12(10)15)6-7-14(2,3)9-13(16)17/h4-5,8H,6-7,9H2,1-3H3,(H,16,17). The maximum absolute atomic E-state index is 13.1. The average Bonchev–Trinajstić information content (AvgIpc) is 2.18. The van der Waals surface area contributed by atoms with Crippen LogP contribution in [0.25, 0.3) is 0 Å². The second kappa shape index (κ2) is 5.30. The number of hydrogen-bond acceptors (Lipinski definition) is 1. The molecule has 0 bridgehead atoms. The molecule has 0 amide bonds. The summed E-state index contributed by atoms with van der Waals surface area (Å²) < 4.78 is 13.1. The molecule has 1 rings (SSSR count). The fraction of sp³-hybridized carbons (Fsp3) is 0.500. The molecule has 0 radical (unpaired) electrons. The van der Waals surface area contributed by atoms with Crippen molar-refractivity contribution in [2.45, 2.75) is 40.0 Å². The van der Waals surface area contributed by atoms with Crippen LogP contribution in [0.5, 0.6) is 0 Å². The van der Waals surface area contributed by atoms with E-state index < -0.39 is 5.97 Å². The van der Waals surface area contributed by atoms with Crippen LogP contribution in [0.3, 0.4) is 0 Å². The van der Waals surface area contributed by atoms with Crippen molar-refractivity contribution in [3.05, 3.63) is 35.1 Å². The average molecular weight is 238 g/mol. The number of rotatable bonds is 5. The largest absolute Gasteiger partial charge is 0.481 e. The number of hydrogen-bond donors (Lipinski definition) is 1. The van der Waals surface area contributed by atoms with Gasteiger partial charge in [0.1, 0.15) is 5.82 Å². The summed E-state index contributed by atoms with van der Waals surface area (Å²) in [4.78, 5) is 10.7. The molecule has 0 saturated heterocycles. The minimum Gasteiger partial charge on any atom is -0.481 e. The number of carboxylic acid groups (broad SMARTS) is 1. The van der Waals surface area contributed by atoms with Crippen molar-refractivity contribution < 1.29 is 14.3 Å². The summed E-state index contributed by atoms with van der Waals surface area (Å²) in [7, 11) is 0. The van der Waals surface area contributed by atoms with E-state index in [4.69, 9.17) is 5.11 Å². The molecule has 0 aliphatic carbocycles. The van der Waals surface area contributed by atoms with Crippen LogP contribution < -0.4 is 0 Å². The molecule has 0 atom stereocenters. The fourth-order valence-electron chi connectivity index (χ4n) is 1.84. The molecule has 3 heteroatoms. The third-order valence-electron chi connectivity index (χ3n) is 2.94. The second-order valence-electron chi connectivity index (χ2n) is 5.32. The quantitative estimate of drug-likeness (QED) is 0.851. The lowest BCUT2D eigenvalue weighted by atomic mass is 9.83. The molecule has 0 saturated carbocycles. The summed E-state index contributed by atoms with van der Waals surface area (Å²) in [6, 6.07) is 5.06. The van der Waals surface area contributed by atoms with Gasteiger partial charge in [0, 0.05) is 0 Å². The van der Waals surface area contributed by atoms with Crippen LogP contribution in [0.2, 0.25) is 0 Å². The highest BCUT2D eigenvalue weighted by Crippen LogP contribution is 2.27. The molecule has 0 heterocycles. The molecule has 1 N–H and O–H groups in total. The van der Waals surface area contributed by atoms with Crippen LogP contribution in [0.1, 0.15) is 37.8 Å². The molecule has 0 unspecified atom stereocenters. The maximum Gasteiger partial charge on any atom is 0.303 e. The zero-order valence-corrected chi connectivity index (χ0v) is 10.6. The predicted molar refractivity (Wildman–Crippen MR) is 65.5 cm³/mol. The highest BCUT2D eigenvalue weighted by Gasteiger charge is 2.21. The summed E-state index contributed by atoms with van der Waals surface area (Å²) >= 11 is 0. The summed E-state index contributed by atoms with van der Waals surface area (Å²) in [5, 5.41) is 8.78. The molecule has 94 valence electrons. The summed E-state index contributed by atoms with van der Waals surface area (Å²) in [5.41, 5.74) is 1.47. The maximum atomic E-state index is 13.1. The Hall–Kier alpha value is -1.38. The molecule has 1 aromatic carbocycles. The Labute approximate surface area is 101 Å². The van der Waals surface area contributed by atoms with Crippen molar-refractivity contribution in [3.8, 4) is 0 Å². The third kappa shape index (κ3) is 4.55. The number of carboxylic acids is 1. The Bertz CT molecular complexity index is 411. The molecule has 0 aromatic heterocycles. The van der Waals surface area contributed by atoms with Gasteiger partial charge in [0.05, 0.1) is 6.42 Å². The number of aryl methyl sites for hydroxylation is 2. The van der Waals surface area contributed by atoms with Gasteiger partial charge in [-0.2, -0.15) is 0 Å². The zero-order chi connectivity index (χ0) is 13.1. The van der Waals surface area contributed by atoms with Gasteiger partial charge in [0.25, 0.3) is 0 Å². The monoisotopic (exact) mass is 238 g/mol. The smallest absolute Gasteiger partial charge is 0.303 e. The molecule has 0 fully saturated rings. The number of aliphatic carboxylic acids is 1. The Balaban J connectivity index is 2.60. The van der Waals surface area contributed by atoms with E-state index in [1.165, 1.54) is 6.07 Å². The lowest BCUT2D eigenvalue weighted by Gasteiger charge is -2.22. The van der Waals surface area contributed by atoms with Gasteiger partial charge in [-0.05, 0) is 42.4 Å². The SMILES string of the molecule is Cc1cc(CCC(C)(C)CC(=O)O)ccc1F. The van der Waals surface area contributed by atoms with Gasteiger partial charge >= 0.3 is 5.97 Å². The first-order valence-electron chi connectivity index (χ1n) is 5.77. The predicted octanol–water partition coefficient (Wildman–Crippen LogP) is 3.57. The molecular formula is C14H19FO2. The molecule has 0 spiro atoms. The fourth-order valence-corrected chi connectivity index (χ4v) is 1.84. The first-order chi connectivity index (χ1) is 7.80. The summed E-state index contributed by atoms with van der Waals surface area (Å²) in [6.45, 7) is 5.62. The van der Waals surface area contributed by atoms with Gasteiger partial charge in [0.15, 0.2) is 0 Å². The third-order valence-corrected chi connectivity index (χ3v) is 2.94. The van der Waals surface area contributed by atoms with E-state index in [9.17, 15) is 9.18 Å². The van der Waals surface area contributed by atoms with Crippen molar-refractivity contribution in [1.82, 2.24) is 0 Å². The lowest BCUT2D eigenvalue weighted by Crippen LogP contribution is -2.17. The van der Waals surface area contributed by atoms with Gasteiger partial charge in [0.2, 0.25) is 0 Å². The van der Waals surface area contributed by atoms with E-state index in [0.717, 1.165) is 18.4 Å². The topological polar surface area (TPSA) is 37.3 Å². The van der Waals surface area contributed by atoms with Gasteiger partial charge in [-0.3, -0.25) is 4.79 Å². The number of carbonyl (C=O) groups is 1. The lowest BCUT2D eigenvalue weighted by molar-refractivity contribution is -0.139. The van der Waals surface area contributed by atoms with Crippen molar-refractivity contribution in [2.24, 2.45) is 5.41 Å². The van der Waals surface area contributed by atoms with E-state index in [1.807, 2.05) is 19.9 Å². The molecule has 2 nitrogen and oxygen atoms in total. The first-order valence-corrected chi connectivity index (χ1v) is 5.77. The van der Waals surface area contributed by atoms with Crippen molar-refractivity contribution in [2.75, 3.05) is 0 Å². The van der Waals surface area contributed by atoms with Gasteiger partial charge < -0.3 is 5.11 Å². The van der Waals surface area contributed by atoms with Crippen LogP contribution in [0.15, 0.2) is 18.2 Å². The van der Waals surface area contributed by atoms with E-state index in [-0.39, 0.29) is 17.7 Å².